The van der Waals surface area contributed by atoms with Gasteiger partial charge in [0.25, 0.3) is 0 Å². The summed E-state index contributed by atoms with van der Waals surface area (Å²) in [7, 11) is 0. The van der Waals surface area contributed by atoms with Crippen LogP contribution >= 0.6 is 0 Å². The summed E-state index contributed by atoms with van der Waals surface area (Å²) in [5.74, 6) is 0.0296. The summed E-state index contributed by atoms with van der Waals surface area (Å²) in [5, 5.41) is 8.25. The third-order valence-electron chi connectivity index (χ3n) is 4.00. The first-order valence-corrected chi connectivity index (χ1v) is 8.08. The maximum Gasteiger partial charge on any atom is 0.245 e. The third kappa shape index (κ3) is 3.45. The van der Waals surface area contributed by atoms with Crippen LogP contribution in [-0.2, 0) is 17.9 Å². The van der Waals surface area contributed by atoms with E-state index in [9.17, 15) is 4.79 Å². The molecule has 0 aliphatic carbocycles. The van der Waals surface area contributed by atoms with Gasteiger partial charge >= 0.3 is 0 Å². The zero-order valence-corrected chi connectivity index (χ0v) is 14.3. The Morgan fingerprint density at radius 1 is 1.04 bits per heavy atom. The van der Waals surface area contributed by atoms with Crippen LogP contribution in [0, 0.1) is 0 Å². The SMILES string of the molecule is CC(C)(C)N(Cc1ccccc1)C(=O)Cn1nnc2ccccc21. The Morgan fingerprint density at radius 3 is 2.42 bits per heavy atom. The minimum atomic E-state index is -0.274. The molecule has 3 aromatic rings. The van der Waals surface area contributed by atoms with Crippen LogP contribution in [0.15, 0.2) is 54.6 Å². The number of rotatable bonds is 4. The highest BCUT2D eigenvalue weighted by Crippen LogP contribution is 2.19. The van der Waals surface area contributed by atoms with E-state index in [1.807, 2.05) is 80.3 Å². The van der Waals surface area contributed by atoms with Crippen molar-refractivity contribution in [2.75, 3.05) is 0 Å². The second-order valence-corrected chi connectivity index (χ2v) is 6.87. The van der Waals surface area contributed by atoms with Crippen molar-refractivity contribution in [3.63, 3.8) is 0 Å². The molecule has 0 radical (unpaired) electrons. The van der Waals surface area contributed by atoms with Gasteiger partial charge in [0.05, 0.1) is 5.52 Å². The number of carbonyl (C=O) groups is 1. The Balaban J connectivity index is 1.84. The molecule has 0 aliphatic rings. The van der Waals surface area contributed by atoms with E-state index in [4.69, 9.17) is 0 Å². The van der Waals surface area contributed by atoms with E-state index in [0.717, 1.165) is 16.6 Å². The lowest BCUT2D eigenvalue weighted by molar-refractivity contribution is -0.137. The molecule has 124 valence electrons. The number of nitrogens with zero attached hydrogens (tertiary/aromatic N) is 4. The first-order valence-electron chi connectivity index (χ1n) is 8.08. The first-order chi connectivity index (χ1) is 11.4. The predicted octanol–water partition coefficient (Wildman–Crippen LogP) is 3.26. The highest BCUT2D eigenvalue weighted by atomic mass is 16.2. The number of hydrogen-bond acceptors (Lipinski definition) is 3. The smallest absolute Gasteiger partial charge is 0.245 e. The van der Waals surface area contributed by atoms with E-state index in [0.29, 0.717) is 6.54 Å². The maximum atomic E-state index is 12.9. The van der Waals surface area contributed by atoms with Crippen LogP contribution in [-0.4, -0.2) is 31.3 Å². The summed E-state index contributed by atoms with van der Waals surface area (Å²) >= 11 is 0. The van der Waals surface area contributed by atoms with Gasteiger partial charge in [-0.05, 0) is 38.5 Å². The molecule has 1 heterocycles. The van der Waals surface area contributed by atoms with Crippen molar-refractivity contribution in [2.45, 2.75) is 39.4 Å². The van der Waals surface area contributed by atoms with Crippen LogP contribution in [0.1, 0.15) is 26.3 Å². The van der Waals surface area contributed by atoms with Crippen molar-refractivity contribution in [1.29, 1.82) is 0 Å². The lowest BCUT2D eigenvalue weighted by Crippen LogP contribution is -2.46. The molecule has 0 saturated heterocycles. The van der Waals surface area contributed by atoms with E-state index in [1.54, 1.807) is 4.68 Å². The summed E-state index contributed by atoms with van der Waals surface area (Å²) in [6.07, 6.45) is 0. The predicted molar refractivity (Wildman–Crippen MR) is 94.3 cm³/mol. The fourth-order valence-corrected chi connectivity index (χ4v) is 2.71. The molecule has 0 fully saturated rings. The van der Waals surface area contributed by atoms with Crippen molar-refractivity contribution in [3.05, 3.63) is 60.2 Å². The molecule has 5 heteroatoms. The molecule has 0 spiro atoms. The molecule has 0 unspecified atom stereocenters. The Bertz CT molecular complexity index is 833. The third-order valence-corrected chi connectivity index (χ3v) is 4.00. The van der Waals surface area contributed by atoms with Crippen molar-refractivity contribution in [1.82, 2.24) is 19.9 Å². The molecule has 24 heavy (non-hydrogen) atoms. The maximum absolute atomic E-state index is 12.9. The fraction of sp³-hybridized carbons (Fsp3) is 0.316. The molecular formula is C19H22N4O. The van der Waals surface area contributed by atoms with Crippen LogP contribution in [0.4, 0.5) is 0 Å². The average Bonchev–Trinajstić information content (AvgIpc) is 2.96. The number of amides is 1. The Labute approximate surface area is 141 Å². The zero-order chi connectivity index (χ0) is 17.2. The molecule has 5 nitrogen and oxygen atoms in total. The van der Waals surface area contributed by atoms with E-state index in [1.165, 1.54) is 0 Å². The van der Waals surface area contributed by atoms with Gasteiger partial charge < -0.3 is 4.90 Å². The Kier molecular flexibility index (Phi) is 4.34. The normalized spacial score (nSPS) is 11.6. The van der Waals surface area contributed by atoms with Crippen molar-refractivity contribution in [2.24, 2.45) is 0 Å². The van der Waals surface area contributed by atoms with Gasteiger partial charge in [0.1, 0.15) is 12.1 Å². The van der Waals surface area contributed by atoms with Crippen LogP contribution in [0.5, 0.6) is 0 Å². The molecule has 0 bridgehead atoms. The van der Waals surface area contributed by atoms with Gasteiger partial charge in [-0.15, -0.1) is 5.10 Å². The number of hydrogen-bond donors (Lipinski definition) is 0. The molecule has 0 N–H and O–H groups in total. The van der Waals surface area contributed by atoms with E-state index >= 15 is 0 Å². The molecule has 2 aromatic carbocycles. The van der Waals surface area contributed by atoms with Crippen molar-refractivity contribution in [3.8, 4) is 0 Å². The molecule has 1 aromatic heterocycles. The van der Waals surface area contributed by atoms with E-state index < -0.39 is 0 Å². The van der Waals surface area contributed by atoms with Gasteiger partial charge in [-0.1, -0.05) is 47.7 Å². The van der Waals surface area contributed by atoms with Gasteiger partial charge in [-0.3, -0.25) is 4.79 Å². The second-order valence-electron chi connectivity index (χ2n) is 6.87. The number of para-hydroxylation sites is 1. The topological polar surface area (TPSA) is 51.0 Å². The standard InChI is InChI=1S/C19H22N4O/c1-19(2,3)22(13-15-9-5-4-6-10-15)18(24)14-23-17-12-8-7-11-16(17)20-21-23/h4-12H,13-14H2,1-3H3. The van der Waals surface area contributed by atoms with E-state index in [2.05, 4.69) is 10.3 Å². The quantitative estimate of drug-likeness (QED) is 0.741. The lowest BCUT2D eigenvalue weighted by atomic mass is 10.0. The molecule has 1 amide bonds. The molecule has 3 rings (SSSR count). The lowest BCUT2D eigenvalue weighted by Gasteiger charge is -2.36. The zero-order valence-electron chi connectivity index (χ0n) is 14.3. The van der Waals surface area contributed by atoms with Gasteiger partial charge in [-0.2, -0.15) is 0 Å². The fourth-order valence-electron chi connectivity index (χ4n) is 2.71. The Hall–Kier alpha value is -2.69. The van der Waals surface area contributed by atoms with Crippen LogP contribution < -0.4 is 0 Å². The highest BCUT2D eigenvalue weighted by molar-refractivity contribution is 5.80. The average molecular weight is 322 g/mol. The highest BCUT2D eigenvalue weighted by Gasteiger charge is 2.27. The van der Waals surface area contributed by atoms with Crippen molar-refractivity contribution < 1.29 is 4.79 Å². The Morgan fingerprint density at radius 2 is 1.71 bits per heavy atom. The molecule has 0 aliphatic heterocycles. The first kappa shape index (κ1) is 16.2. The van der Waals surface area contributed by atoms with Gasteiger partial charge in [0, 0.05) is 12.1 Å². The number of carbonyl (C=O) groups excluding carboxylic acids is 1. The molecular weight excluding hydrogens is 300 g/mol. The summed E-state index contributed by atoms with van der Waals surface area (Å²) in [6, 6.07) is 17.7. The van der Waals surface area contributed by atoms with E-state index in [-0.39, 0.29) is 18.0 Å². The van der Waals surface area contributed by atoms with Gasteiger partial charge in [0.2, 0.25) is 5.91 Å². The van der Waals surface area contributed by atoms with Crippen LogP contribution in [0.3, 0.4) is 0 Å². The van der Waals surface area contributed by atoms with Gasteiger partial charge in [0.15, 0.2) is 0 Å². The number of fused-ring (bicyclic) bond motifs is 1. The minimum Gasteiger partial charge on any atom is -0.332 e. The summed E-state index contributed by atoms with van der Waals surface area (Å²) in [6.45, 7) is 6.91. The van der Waals surface area contributed by atoms with Crippen LogP contribution in [0.25, 0.3) is 11.0 Å². The summed E-state index contributed by atoms with van der Waals surface area (Å²) in [4.78, 5) is 14.8. The molecule has 0 saturated carbocycles. The summed E-state index contributed by atoms with van der Waals surface area (Å²) in [5.41, 5.74) is 2.52. The van der Waals surface area contributed by atoms with Crippen molar-refractivity contribution >= 4 is 16.9 Å². The second kappa shape index (κ2) is 6.43. The number of aromatic nitrogens is 3. The largest absolute Gasteiger partial charge is 0.332 e. The summed E-state index contributed by atoms with van der Waals surface area (Å²) < 4.78 is 1.67. The number of benzene rings is 2. The van der Waals surface area contributed by atoms with Crippen LogP contribution in [0.2, 0.25) is 0 Å². The molecule has 0 atom stereocenters. The minimum absolute atomic E-state index is 0.0296. The van der Waals surface area contributed by atoms with Gasteiger partial charge in [-0.25, -0.2) is 4.68 Å². The monoisotopic (exact) mass is 322 g/mol.